The number of nitrogens with zero attached hydrogens (tertiary/aromatic N) is 1. The van der Waals surface area contributed by atoms with Gasteiger partial charge in [-0.1, -0.05) is 23.8 Å². The van der Waals surface area contributed by atoms with Crippen molar-refractivity contribution in [3.05, 3.63) is 47.3 Å². The molecule has 1 heterocycles. The smallest absolute Gasteiger partial charge is 0.410 e. The van der Waals surface area contributed by atoms with E-state index in [1.165, 1.54) is 17.7 Å². The third-order valence-corrected chi connectivity index (χ3v) is 3.53. The summed E-state index contributed by atoms with van der Waals surface area (Å²) < 4.78 is 18.5. The minimum atomic E-state index is -0.465. The molecule has 0 atom stereocenters. The molecule has 1 aliphatic rings. The Morgan fingerprint density at radius 2 is 2.13 bits per heavy atom. The van der Waals surface area contributed by atoms with E-state index in [0.29, 0.717) is 19.6 Å². The van der Waals surface area contributed by atoms with Crippen molar-refractivity contribution in [2.75, 3.05) is 19.6 Å². The van der Waals surface area contributed by atoms with Gasteiger partial charge in [-0.3, -0.25) is 0 Å². The van der Waals surface area contributed by atoms with Crippen molar-refractivity contribution in [2.24, 2.45) is 0 Å². The summed E-state index contributed by atoms with van der Waals surface area (Å²) in [5.41, 5.74) is 1.73. The number of halogens is 1. The van der Waals surface area contributed by atoms with Crippen LogP contribution in [0.3, 0.4) is 0 Å². The van der Waals surface area contributed by atoms with E-state index in [0.717, 1.165) is 18.5 Å². The largest absolute Gasteiger partial charge is 0.444 e. The predicted octanol–water partition coefficient (Wildman–Crippen LogP) is 3.48. The topological polar surface area (TPSA) is 41.6 Å². The van der Waals surface area contributed by atoms with Crippen LogP contribution < -0.4 is 5.32 Å². The zero-order chi connectivity index (χ0) is 16.9. The van der Waals surface area contributed by atoms with E-state index in [1.807, 2.05) is 26.8 Å². The number of hydrogen-bond donors (Lipinski definition) is 1. The quantitative estimate of drug-likeness (QED) is 0.864. The fraction of sp³-hybridized carbons (Fsp3) is 0.500. The summed E-state index contributed by atoms with van der Waals surface area (Å²) in [6.45, 7) is 8.23. The third kappa shape index (κ3) is 6.02. The summed E-state index contributed by atoms with van der Waals surface area (Å²) in [7, 11) is 0. The maximum absolute atomic E-state index is 13.1. The first kappa shape index (κ1) is 17.5. The highest BCUT2D eigenvalue weighted by molar-refractivity contribution is 5.68. The molecule has 0 saturated carbocycles. The van der Waals surface area contributed by atoms with Crippen LogP contribution in [0.15, 0.2) is 35.9 Å². The summed E-state index contributed by atoms with van der Waals surface area (Å²) in [6, 6.07) is 6.59. The van der Waals surface area contributed by atoms with Gasteiger partial charge >= 0.3 is 6.09 Å². The molecule has 0 saturated heterocycles. The number of rotatable bonds is 4. The number of carbonyl (C=O) groups is 1. The van der Waals surface area contributed by atoms with Crippen molar-refractivity contribution < 1.29 is 13.9 Å². The fourth-order valence-electron chi connectivity index (χ4n) is 2.38. The Bertz CT molecular complexity index is 579. The van der Waals surface area contributed by atoms with Gasteiger partial charge in [-0.15, -0.1) is 0 Å². The Kier molecular flexibility index (Phi) is 5.77. The van der Waals surface area contributed by atoms with E-state index in [4.69, 9.17) is 4.74 Å². The minimum Gasteiger partial charge on any atom is -0.444 e. The van der Waals surface area contributed by atoms with Gasteiger partial charge in [-0.05, 0) is 44.9 Å². The summed E-state index contributed by atoms with van der Waals surface area (Å²) in [5, 5.41) is 3.31. The van der Waals surface area contributed by atoms with Crippen molar-refractivity contribution in [3.63, 3.8) is 0 Å². The molecule has 2 rings (SSSR count). The maximum Gasteiger partial charge on any atom is 0.410 e. The third-order valence-electron chi connectivity index (χ3n) is 3.53. The Balaban J connectivity index is 1.75. The second kappa shape index (κ2) is 7.59. The molecule has 4 nitrogen and oxygen atoms in total. The van der Waals surface area contributed by atoms with Gasteiger partial charge < -0.3 is 15.0 Å². The van der Waals surface area contributed by atoms with Gasteiger partial charge in [-0.25, -0.2) is 9.18 Å². The molecule has 23 heavy (non-hydrogen) atoms. The molecule has 0 aliphatic carbocycles. The average Bonchev–Trinajstić information content (AvgIpc) is 2.46. The van der Waals surface area contributed by atoms with Crippen molar-refractivity contribution in [1.82, 2.24) is 10.2 Å². The molecule has 0 radical (unpaired) electrons. The van der Waals surface area contributed by atoms with Crippen LogP contribution in [0.5, 0.6) is 0 Å². The lowest BCUT2D eigenvalue weighted by atomic mass is 10.1. The number of carbonyl (C=O) groups excluding carboxylic acids is 1. The van der Waals surface area contributed by atoms with E-state index < -0.39 is 5.60 Å². The second-order valence-corrected chi connectivity index (χ2v) is 6.77. The monoisotopic (exact) mass is 320 g/mol. The van der Waals surface area contributed by atoms with E-state index in [2.05, 4.69) is 11.4 Å². The molecule has 1 amide bonds. The van der Waals surface area contributed by atoms with E-state index in [9.17, 15) is 9.18 Å². The molecule has 1 aliphatic heterocycles. The van der Waals surface area contributed by atoms with Crippen molar-refractivity contribution >= 4 is 6.09 Å². The fourth-order valence-corrected chi connectivity index (χ4v) is 2.38. The van der Waals surface area contributed by atoms with Gasteiger partial charge in [-0.2, -0.15) is 0 Å². The highest BCUT2D eigenvalue weighted by Crippen LogP contribution is 2.15. The molecule has 0 bridgehead atoms. The van der Waals surface area contributed by atoms with Crippen LogP contribution in [0.1, 0.15) is 32.8 Å². The maximum atomic E-state index is 13.1. The zero-order valence-electron chi connectivity index (χ0n) is 14.1. The lowest BCUT2D eigenvalue weighted by Gasteiger charge is -2.29. The van der Waals surface area contributed by atoms with E-state index in [-0.39, 0.29) is 11.9 Å². The lowest BCUT2D eigenvalue weighted by Crippen LogP contribution is -2.39. The van der Waals surface area contributed by atoms with Crippen LogP contribution in [0.25, 0.3) is 0 Å². The summed E-state index contributed by atoms with van der Waals surface area (Å²) >= 11 is 0. The second-order valence-electron chi connectivity index (χ2n) is 6.77. The van der Waals surface area contributed by atoms with Gasteiger partial charge in [0.25, 0.3) is 0 Å². The van der Waals surface area contributed by atoms with Crippen LogP contribution in [0.2, 0.25) is 0 Å². The predicted molar refractivity (Wildman–Crippen MR) is 88.6 cm³/mol. The molecular weight excluding hydrogens is 295 g/mol. The minimum absolute atomic E-state index is 0.214. The SMILES string of the molecule is CC(C)(C)OC(=O)N1CC=C(CNCc2cccc(F)c2)CC1. The molecule has 1 aromatic rings. The van der Waals surface area contributed by atoms with Gasteiger partial charge in [0, 0.05) is 26.2 Å². The van der Waals surface area contributed by atoms with Crippen LogP contribution in [0.4, 0.5) is 9.18 Å². The molecule has 0 aromatic heterocycles. The summed E-state index contributed by atoms with van der Waals surface area (Å²) in [5.74, 6) is -0.214. The van der Waals surface area contributed by atoms with Crippen LogP contribution in [-0.4, -0.2) is 36.2 Å². The highest BCUT2D eigenvalue weighted by atomic mass is 19.1. The van der Waals surface area contributed by atoms with Crippen LogP contribution in [-0.2, 0) is 11.3 Å². The molecular formula is C18H25FN2O2. The molecule has 1 N–H and O–H groups in total. The Morgan fingerprint density at radius 1 is 1.35 bits per heavy atom. The summed E-state index contributed by atoms with van der Waals surface area (Å²) in [4.78, 5) is 13.7. The zero-order valence-corrected chi connectivity index (χ0v) is 14.1. The first-order valence-electron chi connectivity index (χ1n) is 7.94. The first-order valence-corrected chi connectivity index (χ1v) is 7.94. The Morgan fingerprint density at radius 3 is 2.74 bits per heavy atom. The Labute approximate surface area is 137 Å². The lowest BCUT2D eigenvalue weighted by molar-refractivity contribution is 0.0265. The summed E-state index contributed by atoms with van der Waals surface area (Å²) in [6.07, 6.45) is 2.63. The van der Waals surface area contributed by atoms with Gasteiger partial charge in [0.1, 0.15) is 11.4 Å². The molecule has 0 fully saturated rings. The van der Waals surface area contributed by atoms with Crippen LogP contribution >= 0.6 is 0 Å². The standard InChI is InChI=1S/C18H25FN2O2/c1-18(2,3)23-17(22)21-9-7-14(8-10-21)12-20-13-15-5-4-6-16(19)11-15/h4-7,11,20H,8-10,12-13H2,1-3H3. The molecule has 5 heteroatoms. The first-order chi connectivity index (χ1) is 10.8. The van der Waals surface area contributed by atoms with Crippen LogP contribution in [0, 0.1) is 5.82 Å². The normalized spacial score (nSPS) is 15.3. The van der Waals surface area contributed by atoms with Crippen molar-refractivity contribution in [2.45, 2.75) is 39.3 Å². The molecule has 0 spiro atoms. The van der Waals surface area contributed by atoms with Crippen molar-refractivity contribution in [1.29, 1.82) is 0 Å². The molecule has 0 unspecified atom stereocenters. The van der Waals surface area contributed by atoms with E-state index >= 15 is 0 Å². The number of ether oxygens (including phenoxy) is 1. The Hall–Kier alpha value is -1.88. The molecule has 126 valence electrons. The van der Waals surface area contributed by atoms with E-state index in [1.54, 1.807) is 11.0 Å². The van der Waals surface area contributed by atoms with Crippen molar-refractivity contribution in [3.8, 4) is 0 Å². The number of benzene rings is 1. The number of nitrogens with one attached hydrogen (secondary N) is 1. The number of amides is 1. The average molecular weight is 320 g/mol. The number of hydrogen-bond acceptors (Lipinski definition) is 3. The van der Waals surface area contributed by atoms with Gasteiger partial charge in [0.05, 0.1) is 0 Å². The highest BCUT2D eigenvalue weighted by Gasteiger charge is 2.23. The van der Waals surface area contributed by atoms with Gasteiger partial charge in [0.15, 0.2) is 0 Å². The van der Waals surface area contributed by atoms with Gasteiger partial charge in [0.2, 0.25) is 0 Å². The molecule has 1 aromatic carbocycles.